The summed E-state index contributed by atoms with van der Waals surface area (Å²) in [7, 11) is 0. The minimum absolute atomic E-state index is 0.603. The van der Waals surface area contributed by atoms with Gasteiger partial charge in [0.05, 0.1) is 12.0 Å². The van der Waals surface area contributed by atoms with Gasteiger partial charge in [-0.2, -0.15) is 4.99 Å². The van der Waals surface area contributed by atoms with Gasteiger partial charge in [-0.15, -0.1) is 0 Å². The lowest BCUT2D eigenvalue weighted by Crippen LogP contribution is -1.88. The Hall–Kier alpha value is -2.90. The first-order chi connectivity index (χ1) is 10.4. The molecule has 0 bridgehead atoms. The van der Waals surface area contributed by atoms with Crippen molar-refractivity contribution >= 4 is 11.8 Å². The molecule has 100 valence electrons. The molecule has 21 heavy (non-hydrogen) atoms. The fraction of sp³-hybridized carbons (Fsp3) is 0.0556. The van der Waals surface area contributed by atoms with E-state index in [9.17, 15) is 4.79 Å². The van der Waals surface area contributed by atoms with Gasteiger partial charge < -0.3 is 4.42 Å². The van der Waals surface area contributed by atoms with E-state index in [1.165, 1.54) is 16.7 Å². The van der Waals surface area contributed by atoms with Crippen molar-refractivity contribution in [2.45, 2.75) is 6.42 Å². The summed E-state index contributed by atoms with van der Waals surface area (Å²) in [6.45, 7) is 0. The topological polar surface area (TPSA) is 42.6 Å². The van der Waals surface area contributed by atoms with Crippen molar-refractivity contribution in [3.8, 4) is 22.5 Å². The van der Waals surface area contributed by atoms with E-state index in [1.54, 1.807) is 12.3 Å². The Morgan fingerprint density at radius 3 is 2.71 bits per heavy atom. The molecule has 1 aliphatic rings. The minimum Gasteiger partial charge on any atom is -0.464 e. The van der Waals surface area contributed by atoms with Crippen molar-refractivity contribution in [1.29, 1.82) is 0 Å². The van der Waals surface area contributed by atoms with Crippen molar-refractivity contribution in [2.24, 2.45) is 4.99 Å². The highest BCUT2D eigenvalue weighted by atomic mass is 16.3. The fourth-order valence-corrected chi connectivity index (χ4v) is 3.04. The number of rotatable bonds is 2. The van der Waals surface area contributed by atoms with Crippen molar-refractivity contribution in [3.63, 3.8) is 0 Å². The van der Waals surface area contributed by atoms with Crippen LogP contribution in [0.1, 0.15) is 11.1 Å². The van der Waals surface area contributed by atoms with Crippen LogP contribution in [0.3, 0.4) is 0 Å². The number of aliphatic imine (C=N–C) groups is 1. The van der Waals surface area contributed by atoms with Crippen molar-refractivity contribution in [2.75, 3.05) is 0 Å². The van der Waals surface area contributed by atoms with Crippen LogP contribution < -0.4 is 0 Å². The van der Waals surface area contributed by atoms with E-state index < -0.39 is 0 Å². The summed E-state index contributed by atoms with van der Waals surface area (Å²) in [6.07, 6.45) is 4.09. The van der Waals surface area contributed by atoms with Gasteiger partial charge in [-0.3, -0.25) is 0 Å². The summed E-state index contributed by atoms with van der Waals surface area (Å²) in [5, 5.41) is 0. The van der Waals surface area contributed by atoms with Gasteiger partial charge in [0.1, 0.15) is 5.76 Å². The first-order valence-electron chi connectivity index (χ1n) is 6.74. The molecule has 0 amide bonds. The number of nitrogens with zero attached hydrogens (tertiary/aromatic N) is 1. The first kappa shape index (κ1) is 11.9. The quantitative estimate of drug-likeness (QED) is 0.399. The third kappa shape index (κ3) is 1.76. The summed E-state index contributed by atoms with van der Waals surface area (Å²) < 4.78 is 5.54. The zero-order valence-corrected chi connectivity index (χ0v) is 11.2. The average molecular weight is 273 g/mol. The molecule has 0 aliphatic heterocycles. The second-order valence-corrected chi connectivity index (χ2v) is 5.00. The van der Waals surface area contributed by atoms with E-state index in [0.717, 1.165) is 23.3 Å². The summed E-state index contributed by atoms with van der Waals surface area (Å²) >= 11 is 0. The molecular weight excluding hydrogens is 262 g/mol. The van der Waals surface area contributed by atoms with E-state index >= 15 is 0 Å². The van der Waals surface area contributed by atoms with Crippen LogP contribution in [0.4, 0.5) is 5.69 Å². The highest BCUT2D eigenvalue weighted by molar-refractivity contribution is 5.89. The van der Waals surface area contributed by atoms with Gasteiger partial charge in [0, 0.05) is 5.56 Å². The Labute approximate surface area is 121 Å². The maximum Gasteiger partial charge on any atom is 0.240 e. The normalized spacial score (nSPS) is 11.6. The number of benzene rings is 2. The zero-order valence-electron chi connectivity index (χ0n) is 11.2. The molecule has 1 aliphatic carbocycles. The van der Waals surface area contributed by atoms with Gasteiger partial charge in [0.25, 0.3) is 0 Å². The molecule has 0 saturated heterocycles. The monoisotopic (exact) mass is 273 g/mol. The van der Waals surface area contributed by atoms with Gasteiger partial charge in [-0.05, 0) is 46.9 Å². The van der Waals surface area contributed by atoms with E-state index in [4.69, 9.17) is 4.42 Å². The molecule has 1 heterocycles. The average Bonchev–Trinajstić information content (AvgIpc) is 3.14. The lowest BCUT2D eigenvalue weighted by Gasteiger charge is -2.09. The smallest absolute Gasteiger partial charge is 0.240 e. The number of furan rings is 1. The van der Waals surface area contributed by atoms with E-state index in [-0.39, 0.29) is 0 Å². The summed E-state index contributed by atoms with van der Waals surface area (Å²) in [5.41, 5.74) is 6.35. The Bertz CT molecular complexity index is 872. The molecule has 0 fully saturated rings. The molecule has 3 aromatic rings. The van der Waals surface area contributed by atoms with Crippen LogP contribution in [0, 0.1) is 0 Å². The molecule has 0 spiro atoms. The maximum atomic E-state index is 10.7. The molecule has 4 rings (SSSR count). The van der Waals surface area contributed by atoms with Crippen LogP contribution in [-0.4, -0.2) is 6.08 Å². The maximum absolute atomic E-state index is 10.7. The molecule has 3 heteroatoms. The van der Waals surface area contributed by atoms with Crippen LogP contribution in [0.2, 0.25) is 0 Å². The van der Waals surface area contributed by atoms with Crippen LogP contribution in [0.15, 0.2) is 64.2 Å². The first-order valence-corrected chi connectivity index (χ1v) is 6.74. The van der Waals surface area contributed by atoms with Crippen LogP contribution in [-0.2, 0) is 11.2 Å². The molecule has 0 N–H and O–H groups in total. The van der Waals surface area contributed by atoms with Crippen molar-refractivity contribution in [1.82, 2.24) is 0 Å². The van der Waals surface area contributed by atoms with Gasteiger partial charge in [0.2, 0.25) is 6.08 Å². The zero-order chi connectivity index (χ0) is 14.2. The number of carbonyl (C=O) groups excluding carboxylic acids is 1. The standard InChI is InChI=1S/C18H11NO2/c20-11-19-16-8-7-14-13-5-2-1-4-12(13)10-15(14)18(16)17-6-3-9-21-17/h1-9H,10H2. The largest absolute Gasteiger partial charge is 0.464 e. The Balaban J connectivity index is 2.03. The number of hydrogen-bond acceptors (Lipinski definition) is 3. The highest BCUT2D eigenvalue weighted by Crippen LogP contribution is 2.45. The summed E-state index contributed by atoms with van der Waals surface area (Å²) in [6, 6.07) is 15.9. The lowest BCUT2D eigenvalue weighted by atomic mass is 9.98. The van der Waals surface area contributed by atoms with Gasteiger partial charge in [-0.25, -0.2) is 4.79 Å². The predicted octanol–water partition coefficient (Wildman–Crippen LogP) is 4.49. The molecular formula is C18H11NO2. The highest BCUT2D eigenvalue weighted by Gasteiger charge is 2.24. The fourth-order valence-electron chi connectivity index (χ4n) is 3.04. The third-order valence-corrected chi connectivity index (χ3v) is 3.90. The molecule has 3 nitrogen and oxygen atoms in total. The Morgan fingerprint density at radius 1 is 1.00 bits per heavy atom. The summed E-state index contributed by atoms with van der Waals surface area (Å²) in [5.74, 6) is 0.730. The molecule has 0 saturated carbocycles. The Kier molecular flexibility index (Phi) is 2.59. The van der Waals surface area contributed by atoms with Crippen molar-refractivity contribution in [3.05, 3.63) is 65.9 Å². The number of isocyanates is 1. The molecule has 0 radical (unpaired) electrons. The third-order valence-electron chi connectivity index (χ3n) is 3.90. The van der Waals surface area contributed by atoms with E-state index in [2.05, 4.69) is 17.1 Å². The van der Waals surface area contributed by atoms with E-state index in [1.807, 2.05) is 36.4 Å². The second-order valence-electron chi connectivity index (χ2n) is 5.00. The number of hydrogen-bond donors (Lipinski definition) is 0. The predicted molar refractivity (Wildman–Crippen MR) is 80.2 cm³/mol. The SMILES string of the molecule is O=C=Nc1ccc2c(c1-c1ccco1)Cc1ccccc1-2. The van der Waals surface area contributed by atoms with Crippen molar-refractivity contribution < 1.29 is 9.21 Å². The molecule has 0 unspecified atom stereocenters. The molecule has 2 aromatic carbocycles. The molecule has 0 atom stereocenters. The Morgan fingerprint density at radius 2 is 1.90 bits per heavy atom. The van der Waals surface area contributed by atoms with E-state index in [0.29, 0.717) is 5.69 Å². The van der Waals surface area contributed by atoms with Gasteiger partial charge in [0.15, 0.2) is 0 Å². The second kappa shape index (κ2) is 4.58. The summed E-state index contributed by atoms with van der Waals surface area (Å²) in [4.78, 5) is 14.5. The molecule has 1 aromatic heterocycles. The minimum atomic E-state index is 0.603. The van der Waals surface area contributed by atoms with Crippen LogP contribution >= 0.6 is 0 Å². The number of fused-ring (bicyclic) bond motifs is 3. The van der Waals surface area contributed by atoms with Crippen LogP contribution in [0.25, 0.3) is 22.5 Å². The lowest BCUT2D eigenvalue weighted by molar-refractivity contribution is 0.565. The van der Waals surface area contributed by atoms with Gasteiger partial charge >= 0.3 is 0 Å². The van der Waals surface area contributed by atoms with Gasteiger partial charge in [-0.1, -0.05) is 30.3 Å². The van der Waals surface area contributed by atoms with Crippen LogP contribution in [0.5, 0.6) is 0 Å².